The maximum absolute atomic E-state index is 5.14. The zero-order valence-corrected chi connectivity index (χ0v) is 33.6. The molecule has 0 bridgehead atoms. The standard InChI is InChI=1S/C57H42N4/c1-5-17-43(18-6-1)54-51-25-13-14-26-52(51)61(56(54)45-21-9-3-10-22-45)50-36-30-42(31-37-50)41-28-34-48(35-29-41)60(47-23-11-4-12-24-47)49-38-32-46(33-39-49)57-55(44-19-7-2-8-20-44)58-53-27-15-16-40-59(53)57/h1-14,16-26,28-40H,15,27H2. The van der Waals surface area contributed by atoms with Crippen molar-refractivity contribution in [3.8, 4) is 61.7 Å². The van der Waals surface area contributed by atoms with Gasteiger partial charge in [-0.05, 0) is 83.3 Å². The van der Waals surface area contributed by atoms with E-state index < -0.39 is 0 Å². The Labute approximate surface area is 356 Å². The molecule has 1 aliphatic rings. The number of fused-ring (bicyclic) bond motifs is 2. The fourth-order valence-corrected chi connectivity index (χ4v) is 8.95. The molecule has 2 aromatic heterocycles. The van der Waals surface area contributed by atoms with Crippen molar-refractivity contribution in [2.75, 3.05) is 4.90 Å². The first kappa shape index (κ1) is 36.2. The first-order valence-electron chi connectivity index (χ1n) is 21.0. The van der Waals surface area contributed by atoms with Crippen LogP contribution >= 0.6 is 0 Å². The molecule has 0 fully saturated rings. The van der Waals surface area contributed by atoms with Gasteiger partial charge in [-0.2, -0.15) is 0 Å². The molecule has 0 atom stereocenters. The summed E-state index contributed by atoms with van der Waals surface area (Å²) < 4.78 is 4.69. The third-order valence-corrected chi connectivity index (χ3v) is 11.8. The van der Waals surface area contributed by atoms with Gasteiger partial charge in [0.05, 0.1) is 22.6 Å². The lowest BCUT2D eigenvalue weighted by molar-refractivity contribution is 0.840. The summed E-state index contributed by atoms with van der Waals surface area (Å²) in [5.74, 6) is 1.11. The summed E-state index contributed by atoms with van der Waals surface area (Å²) in [5, 5.41) is 1.24. The Morgan fingerprint density at radius 3 is 1.54 bits per heavy atom. The molecule has 1 aliphatic heterocycles. The summed E-state index contributed by atoms with van der Waals surface area (Å²) in [6.07, 6.45) is 6.37. The number of para-hydroxylation sites is 2. The van der Waals surface area contributed by atoms with Crippen molar-refractivity contribution >= 4 is 34.2 Å². The van der Waals surface area contributed by atoms with E-state index in [9.17, 15) is 0 Å². The SMILES string of the molecule is C1=Cn2c(nc(-c3ccccc3)c2-c2ccc(N(c3ccccc3)c3ccc(-c4ccc(-n5c(-c6ccccc6)c(-c6ccccc6)c6ccccc65)cc4)cc3)cc2)CC1. The summed E-state index contributed by atoms with van der Waals surface area (Å²) >= 11 is 0. The zero-order chi connectivity index (χ0) is 40.5. The van der Waals surface area contributed by atoms with Crippen LogP contribution in [0, 0.1) is 0 Å². The van der Waals surface area contributed by atoms with Crippen LogP contribution in [-0.2, 0) is 6.42 Å². The molecule has 0 amide bonds. The van der Waals surface area contributed by atoms with E-state index in [1.165, 1.54) is 38.9 Å². The third kappa shape index (κ3) is 6.65. The largest absolute Gasteiger partial charge is 0.311 e. The number of aromatic nitrogens is 3. The number of benzene rings is 8. The molecule has 0 saturated carbocycles. The minimum Gasteiger partial charge on any atom is -0.311 e. The van der Waals surface area contributed by atoms with E-state index in [0.717, 1.165) is 69.5 Å². The van der Waals surface area contributed by atoms with Gasteiger partial charge in [0, 0.05) is 57.4 Å². The molecule has 4 nitrogen and oxygen atoms in total. The monoisotopic (exact) mass is 782 g/mol. The summed E-state index contributed by atoms with van der Waals surface area (Å²) in [6, 6.07) is 78.3. The van der Waals surface area contributed by atoms with Crippen LogP contribution in [0.2, 0.25) is 0 Å². The van der Waals surface area contributed by atoms with Crippen LogP contribution in [0.5, 0.6) is 0 Å². The van der Waals surface area contributed by atoms with Gasteiger partial charge in [-0.1, -0.05) is 170 Å². The molecule has 8 aromatic carbocycles. The molecule has 0 aliphatic carbocycles. The van der Waals surface area contributed by atoms with Gasteiger partial charge in [0.15, 0.2) is 0 Å². The van der Waals surface area contributed by atoms with Crippen LogP contribution in [0.15, 0.2) is 224 Å². The fraction of sp³-hybridized carbons (Fsp3) is 0.0351. The minimum absolute atomic E-state index is 0.936. The average Bonchev–Trinajstić information content (AvgIpc) is 3.91. The van der Waals surface area contributed by atoms with Crippen molar-refractivity contribution in [3.63, 3.8) is 0 Å². The number of hydrogen-bond acceptors (Lipinski definition) is 2. The van der Waals surface area contributed by atoms with E-state index >= 15 is 0 Å². The smallest absolute Gasteiger partial charge is 0.114 e. The molecule has 0 saturated heterocycles. The van der Waals surface area contributed by atoms with Crippen molar-refractivity contribution in [1.29, 1.82) is 0 Å². The fourth-order valence-electron chi connectivity index (χ4n) is 8.95. The second-order valence-corrected chi connectivity index (χ2v) is 15.5. The number of nitrogens with zero attached hydrogens (tertiary/aromatic N) is 4. The summed E-state index contributed by atoms with van der Waals surface area (Å²) in [7, 11) is 0. The van der Waals surface area contributed by atoms with E-state index in [4.69, 9.17) is 4.98 Å². The van der Waals surface area contributed by atoms with Crippen LogP contribution in [0.3, 0.4) is 0 Å². The third-order valence-electron chi connectivity index (χ3n) is 11.8. The number of rotatable bonds is 9. The summed E-state index contributed by atoms with van der Waals surface area (Å²) in [6.45, 7) is 0. The van der Waals surface area contributed by atoms with Gasteiger partial charge in [0.2, 0.25) is 0 Å². The minimum atomic E-state index is 0.936. The lowest BCUT2D eigenvalue weighted by Crippen LogP contribution is -2.09. The quantitative estimate of drug-likeness (QED) is 0.146. The number of hydrogen-bond donors (Lipinski definition) is 0. The first-order valence-corrected chi connectivity index (χ1v) is 21.0. The lowest BCUT2D eigenvalue weighted by Gasteiger charge is -2.26. The van der Waals surface area contributed by atoms with Crippen molar-refractivity contribution in [3.05, 3.63) is 230 Å². The van der Waals surface area contributed by atoms with Crippen molar-refractivity contribution in [2.24, 2.45) is 0 Å². The summed E-state index contributed by atoms with van der Waals surface area (Å²) in [4.78, 5) is 7.47. The Hall–Kier alpha value is -7.95. The Bertz CT molecular complexity index is 3130. The highest BCUT2D eigenvalue weighted by atomic mass is 15.1. The van der Waals surface area contributed by atoms with E-state index in [1.807, 2.05) is 0 Å². The molecule has 10 aromatic rings. The Balaban J connectivity index is 0.940. The second-order valence-electron chi connectivity index (χ2n) is 15.5. The molecule has 0 spiro atoms. The molecule has 0 radical (unpaired) electrons. The highest BCUT2D eigenvalue weighted by Crippen LogP contribution is 2.44. The van der Waals surface area contributed by atoms with Gasteiger partial charge >= 0.3 is 0 Å². The predicted octanol–water partition coefficient (Wildman–Crippen LogP) is 15.0. The molecular formula is C57H42N4. The molecule has 290 valence electrons. The average molecular weight is 783 g/mol. The highest BCUT2D eigenvalue weighted by Gasteiger charge is 2.23. The Morgan fingerprint density at radius 1 is 0.410 bits per heavy atom. The van der Waals surface area contributed by atoms with Crippen LogP contribution in [0.1, 0.15) is 12.2 Å². The van der Waals surface area contributed by atoms with Crippen LogP contribution in [0.4, 0.5) is 17.1 Å². The molecule has 0 unspecified atom stereocenters. The van der Waals surface area contributed by atoms with E-state index in [0.29, 0.717) is 0 Å². The molecule has 3 heterocycles. The number of aryl methyl sites for hydroxylation is 1. The number of anilines is 3. The number of allylic oxidation sites excluding steroid dienone is 1. The second kappa shape index (κ2) is 15.7. The van der Waals surface area contributed by atoms with Crippen molar-refractivity contribution in [1.82, 2.24) is 14.1 Å². The van der Waals surface area contributed by atoms with Crippen molar-refractivity contribution in [2.45, 2.75) is 12.8 Å². The van der Waals surface area contributed by atoms with Gasteiger partial charge in [0.25, 0.3) is 0 Å². The maximum Gasteiger partial charge on any atom is 0.114 e. The topological polar surface area (TPSA) is 26.0 Å². The normalized spacial score (nSPS) is 12.1. The summed E-state index contributed by atoms with van der Waals surface area (Å²) in [5.41, 5.74) is 17.2. The van der Waals surface area contributed by atoms with Crippen molar-refractivity contribution < 1.29 is 0 Å². The lowest BCUT2D eigenvalue weighted by atomic mass is 9.98. The molecule has 11 rings (SSSR count). The van der Waals surface area contributed by atoms with Gasteiger partial charge in [-0.25, -0.2) is 4.98 Å². The van der Waals surface area contributed by atoms with Crippen LogP contribution < -0.4 is 4.90 Å². The predicted molar refractivity (Wildman–Crippen MR) is 255 cm³/mol. The Morgan fingerprint density at radius 2 is 0.902 bits per heavy atom. The van der Waals surface area contributed by atoms with Crippen LogP contribution in [0.25, 0.3) is 78.8 Å². The Kier molecular flexibility index (Phi) is 9.29. The van der Waals surface area contributed by atoms with E-state index in [1.54, 1.807) is 0 Å². The maximum atomic E-state index is 5.14. The van der Waals surface area contributed by atoms with Gasteiger partial charge < -0.3 is 14.0 Å². The zero-order valence-electron chi connectivity index (χ0n) is 33.6. The first-order chi connectivity index (χ1) is 30.3. The molecule has 4 heteroatoms. The number of imidazole rings is 1. The van der Waals surface area contributed by atoms with Gasteiger partial charge in [-0.3, -0.25) is 0 Å². The van der Waals surface area contributed by atoms with Gasteiger partial charge in [0.1, 0.15) is 5.82 Å². The molecule has 61 heavy (non-hydrogen) atoms. The van der Waals surface area contributed by atoms with E-state index in [2.05, 4.69) is 245 Å². The highest BCUT2D eigenvalue weighted by molar-refractivity contribution is 6.05. The van der Waals surface area contributed by atoms with Gasteiger partial charge in [-0.15, -0.1) is 0 Å². The van der Waals surface area contributed by atoms with E-state index in [-0.39, 0.29) is 0 Å². The molecular weight excluding hydrogens is 741 g/mol. The molecule has 0 N–H and O–H groups in total. The van der Waals surface area contributed by atoms with Crippen LogP contribution in [-0.4, -0.2) is 14.1 Å².